The number of hydrogen-bond acceptors (Lipinski definition) is 4. The lowest BCUT2D eigenvalue weighted by Crippen LogP contribution is -2.36. The van der Waals surface area contributed by atoms with Crippen molar-refractivity contribution in [3.05, 3.63) is 78.3 Å². The summed E-state index contributed by atoms with van der Waals surface area (Å²) in [5.41, 5.74) is 2.19. The van der Waals surface area contributed by atoms with E-state index in [2.05, 4.69) is 63.2 Å². The van der Waals surface area contributed by atoms with Crippen LogP contribution in [-0.2, 0) is 6.54 Å². The molecule has 0 amide bonds. The minimum Gasteiger partial charge on any atom is -0.467 e. The first-order valence-corrected chi connectivity index (χ1v) is 9.84. The second-order valence-corrected chi connectivity index (χ2v) is 7.65. The number of aromatic nitrogens is 2. The Morgan fingerprint density at radius 3 is 2.79 bits per heavy atom. The van der Waals surface area contributed by atoms with Gasteiger partial charge in [-0.3, -0.25) is 4.98 Å². The van der Waals surface area contributed by atoms with Crippen LogP contribution in [0.4, 0.5) is 0 Å². The molecule has 2 unspecified atom stereocenters. The highest BCUT2D eigenvalue weighted by molar-refractivity contribution is 7.80. The summed E-state index contributed by atoms with van der Waals surface area (Å²) < 4.78 is 7.80. The fraction of sp³-hybridized carbons (Fsp3) is 0.333. The number of nitrogens with one attached hydrogen (secondary N) is 1. The summed E-state index contributed by atoms with van der Waals surface area (Å²) in [6, 6.07) is 14.3. The standard InChI is InChI=1S/C21H25N5OS/c1-24(2)12-13-26-20(19(23-21(26)28)17-8-3-4-10-22-17)18-9-5-11-25(18)15-16-7-6-14-27-16/h3-11,14,19-20H,12-13,15H2,1-2H3,(H,23,28). The third-order valence-corrected chi connectivity index (χ3v) is 5.41. The van der Waals surface area contributed by atoms with Crippen LogP contribution >= 0.6 is 12.2 Å². The Balaban J connectivity index is 1.70. The number of hydrogen-bond donors (Lipinski definition) is 1. The average Bonchev–Trinajstić information content (AvgIpc) is 3.42. The summed E-state index contributed by atoms with van der Waals surface area (Å²) in [6.07, 6.45) is 5.64. The lowest BCUT2D eigenvalue weighted by atomic mass is 10.0. The van der Waals surface area contributed by atoms with Crippen molar-refractivity contribution in [3.8, 4) is 0 Å². The second kappa shape index (κ2) is 8.16. The number of likely N-dealkylation sites (N-methyl/N-ethyl adjacent to an activating group) is 1. The summed E-state index contributed by atoms with van der Waals surface area (Å²) in [6.45, 7) is 2.46. The molecule has 3 aromatic rings. The van der Waals surface area contributed by atoms with Crippen LogP contribution in [0.1, 0.15) is 29.2 Å². The van der Waals surface area contributed by atoms with Crippen molar-refractivity contribution >= 4 is 17.3 Å². The van der Waals surface area contributed by atoms with E-state index >= 15 is 0 Å². The minimum atomic E-state index is 0.00103. The molecule has 1 aliphatic rings. The van der Waals surface area contributed by atoms with Crippen molar-refractivity contribution in [1.82, 2.24) is 24.7 Å². The second-order valence-electron chi connectivity index (χ2n) is 7.26. The Bertz CT molecular complexity index is 906. The van der Waals surface area contributed by atoms with E-state index in [0.29, 0.717) is 6.54 Å². The molecule has 1 fully saturated rings. The van der Waals surface area contributed by atoms with Gasteiger partial charge in [-0.2, -0.15) is 0 Å². The Morgan fingerprint density at radius 1 is 1.18 bits per heavy atom. The highest BCUT2D eigenvalue weighted by Gasteiger charge is 2.40. The van der Waals surface area contributed by atoms with Crippen molar-refractivity contribution in [2.45, 2.75) is 18.6 Å². The largest absolute Gasteiger partial charge is 0.467 e. The van der Waals surface area contributed by atoms with Gasteiger partial charge in [0.2, 0.25) is 0 Å². The molecule has 0 aliphatic carbocycles. The Labute approximate surface area is 170 Å². The lowest BCUT2D eigenvalue weighted by molar-refractivity contribution is 0.269. The van der Waals surface area contributed by atoms with Gasteiger partial charge in [0.05, 0.1) is 30.6 Å². The third-order valence-electron chi connectivity index (χ3n) is 5.06. The van der Waals surface area contributed by atoms with Crippen molar-refractivity contribution in [3.63, 3.8) is 0 Å². The molecule has 146 valence electrons. The molecule has 0 bridgehead atoms. The minimum absolute atomic E-state index is 0.00103. The van der Waals surface area contributed by atoms with Gasteiger partial charge in [-0.1, -0.05) is 6.07 Å². The molecular formula is C21H25N5OS. The van der Waals surface area contributed by atoms with Crippen LogP contribution in [-0.4, -0.2) is 51.6 Å². The summed E-state index contributed by atoms with van der Waals surface area (Å²) in [7, 11) is 4.16. The van der Waals surface area contributed by atoms with Gasteiger partial charge < -0.3 is 24.1 Å². The van der Waals surface area contributed by atoms with Crippen LogP contribution in [0.3, 0.4) is 0 Å². The van der Waals surface area contributed by atoms with Crippen molar-refractivity contribution in [2.75, 3.05) is 27.2 Å². The first-order chi connectivity index (χ1) is 13.6. The lowest BCUT2D eigenvalue weighted by Gasteiger charge is -2.29. The maximum Gasteiger partial charge on any atom is 0.170 e. The normalized spacial score (nSPS) is 19.4. The SMILES string of the molecule is CN(C)CCN1C(=S)NC(c2ccccn2)C1c1cccn1Cc1ccco1. The predicted octanol–water partition coefficient (Wildman–Crippen LogP) is 3.06. The van der Waals surface area contributed by atoms with E-state index in [4.69, 9.17) is 16.6 Å². The topological polar surface area (TPSA) is 49.5 Å². The van der Waals surface area contributed by atoms with E-state index in [-0.39, 0.29) is 12.1 Å². The van der Waals surface area contributed by atoms with E-state index in [1.807, 2.05) is 30.5 Å². The molecule has 1 aliphatic heterocycles. The van der Waals surface area contributed by atoms with E-state index in [1.54, 1.807) is 6.26 Å². The third kappa shape index (κ3) is 3.81. The first kappa shape index (κ1) is 18.7. The van der Waals surface area contributed by atoms with Crippen LogP contribution < -0.4 is 5.32 Å². The van der Waals surface area contributed by atoms with E-state index in [9.17, 15) is 0 Å². The van der Waals surface area contributed by atoms with Crippen molar-refractivity contribution < 1.29 is 4.42 Å². The highest BCUT2D eigenvalue weighted by atomic mass is 32.1. The van der Waals surface area contributed by atoms with Crippen molar-refractivity contribution in [2.24, 2.45) is 0 Å². The summed E-state index contributed by atoms with van der Waals surface area (Å²) in [5.74, 6) is 0.931. The monoisotopic (exact) mass is 395 g/mol. The molecule has 4 rings (SSSR count). The van der Waals surface area contributed by atoms with Crippen LogP contribution in [0.25, 0.3) is 0 Å². The van der Waals surface area contributed by atoms with Crippen molar-refractivity contribution in [1.29, 1.82) is 0 Å². The molecule has 0 radical (unpaired) electrons. The fourth-order valence-electron chi connectivity index (χ4n) is 3.69. The predicted molar refractivity (Wildman–Crippen MR) is 113 cm³/mol. The number of nitrogens with zero attached hydrogens (tertiary/aromatic N) is 4. The van der Waals surface area contributed by atoms with Crippen LogP contribution in [0.2, 0.25) is 0 Å². The smallest absolute Gasteiger partial charge is 0.170 e. The van der Waals surface area contributed by atoms with Gasteiger partial charge in [0.1, 0.15) is 5.76 Å². The molecule has 0 saturated carbocycles. The van der Waals surface area contributed by atoms with Crippen LogP contribution in [0.5, 0.6) is 0 Å². The highest BCUT2D eigenvalue weighted by Crippen LogP contribution is 2.38. The summed E-state index contributed by atoms with van der Waals surface area (Å²) >= 11 is 5.72. The van der Waals surface area contributed by atoms with E-state index in [0.717, 1.165) is 29.7 Å². The van der Waals surface area contributed by atoms with Gasteiger partial charge in [0.15, 0.2) is 5.11 Å². The van der Waals surface area contributed by atoms with Crippen LogP contribution in [0, 0.1) is 0 Å². The number of thiocarbonyl (C=S) groups is 1. The average molecular weight is 396 g/mol. The first-order valence-electron chi connectivity index (χ1n) is 9.43. The number of furan rings is 1. The van der Waals surface area contributed by atoms with E-state index < -0.39 is 0 Å². The Kier molecular flexibility index (Phi) is 5.45. The molecule has 28 heavy (non-hydrogen) atoms. The van der Waals surface area contributed by atoms with Gasteiger partial charge in [0, 0.05) is 31.2 Å². The molecule has 1 saturated heterocycles. The Hall–Kier alpha value is -2.64. The summed E-state index contributed by atoms with van der Waals surface area (Å²) in [5, 5.41) is 4.28. The van der Waals surface area contributed by atoms with Gasteiger partial charge in [0.25, 0.3) is 0 Å². The maximum atomic E-state index is 5.72. The number of rotatable bonds is 7. The zero-order valence-corrected chi connectivity index (χ0v) is 17.0. The zero-order chi connectivity index (χ0) is 19.5. The van der Waals surface area contributed by atoms with Gasteiger partial charge in [-0.15, -0.1) is 0 Å². The van der Waals surface area contributed by atoms with Gasteiger partial charge >= 0.3 is 0 Å². The quantitative estimate of drug-likeness (QED) is 0.621. The van der Waals surface area contributed by atoms with Gasteiger partial charge in [-0.05, 0) is 62.7 Å². The van der Waals surface area contributed by atoms with E-state index in [1.165, 1.54) is 5.69 Å². The maximum absolute atomic E-state index is 5.72. The molecule has 4 heterocycles. The Morgan fingerprint density at radius 2 is 2.07 bits per heavy atom. The fourth-order valence-corrected chi connectivity index (χ4v) is 4.02. The number of pyridine rings is 1. The molecule has 1 N–H and O–H groups in total. The molecule has 3 aromatic heterocycles. The molecule has 7 heteroatoms. The molecule has 2 atom stereocenters. The molecular weight excluding hydrogens is 370 g/mol. The molecule has 0 aromatic carbocycles. The molecule has 6 nitrogen and oxygen atoms in total. The molecule has 0 spiro atoms. The van der Waals surface area contributed by atoms with Crippen LogP contribution in [0.15, 0.2) is 65.5 Å². The zero-order valence-electron chi connectivity index (χ0n) is 16.2. The summed E-state index contributed by atoms with van der Waals surface area (Å²) in [4.78, 5) is 9.06. The van der Waals surface area contributed by atoms with Gasteiger partial charge in [-0.25, -0.2) is 0 Å².